The maximum atomic E-state index is 11.2. The Morgan fingerprint density at radius 1 is 1.44 bits per heavy atom. The predicted molar refractivity (Wildman–Crippen MR) is 65.9 cm³/mol. The molecule has 0 spiro atoms. The first kappa shape index (κ1) is 18.0. The molecular formula is C10H23ClN2O3. The highest BCUT2D eigenvalue weighted by molar-refractivity contribution is 5.85. The van der Waals surface area contributed by atoms with Gasteiger partial charge in [-0.05, 0) is 12.8 Å². The fraction of sp³-hybridized carbons (Fsp3) is 0.900. The average Bonchev–Trinajstić information content (AvgIpc) is 2.24. The van der Waals surface area contributed by atoms with Gasteiger partial charge in [0, 0.05) is 20.2 Å². The van der Waals surface area contributed by atoms with E-state index in [1.807, 2.05) is 6.92 Å². The number of methoxy groups -OCH3 is 1. The van der Waals surface area contributed by atoms with E-state index in [0.29, 0.717) is 32.7 Å². The van der Waals surface area contributed by atoms with E-state index in [9.17, 15) is 9.90 Å². The van der Waals surface area contributed by atoms with E-state index in [1.54, 1.807) is 7.11 Å². The molecule has 5 nitrogen and oxygen atoms in total. The second-order valence-corrected chi connectivity index (χ2v) is 3.37. The van der Waals surface area contributed by atoms with Crippen molar-refractivity contribution in [1.29, 1.82) is 0 Å². The molecule has 0 aromatic carbocycles. The van der Waals surface area contributed by atoms with Gasteiger partial charge in [-0.2, -0.15) is 0 Å². The molecule has 0 aromatic heterocycles. The van der Waals surface area contributed by atoms with E-state index in [1.165, 1.54) is 0 Å². The van der Waals surface area contributed by atoms with Crippen molar-refractivity contribution in [3.63, 3.8) is 0 Å². The zero-order valence-electron chi connectivity index (χ0n) is 9.99. The summed E-state index contributed by atoms with van der Waals surface area (Å²) in [5, 5.41) is 14.9. The van der Waals surface area contributed by atoms with E-state index in [-0.39, 0.29) is 24.4 Å². The van der Waals surface area contributed by atoms with E-state index in [2.05, 4.69) is 10.6 Å². The predicted octanol–water partition coefficient (Wildman–Crippen LogP) is -0.0786. The number of rotatable bonds is 9. The summed E-state index contributed by atoms with van der Waals surface area (Å²) < 4.78 is 4.82. The van der Waals surface area contributed by atoms with Crippen molar-refractivity contribution >= 4 is 18.3 Å². The summed E-state index contributed by atoms with van der Waals surface area (Å²) in [5.74, 6) is -0.0468. The molecule has 0 radical (unpaired) electrons. The molecule has 1 atom stereocenters. The van der Waals surface area contributed by atoms with Crippen molar-refractivity contribution in [2.24, 2.45) is 0 Å². The molecule has 0 fully saturated rings. The van der Waals surface area contributed by atoms with Crippen LogP contribution in [-0.2, 0) is 9.53 Å². The van der Waals surface area contributed by atoms with Gasteiger partial charge in [0.2, 0.25) is 5.91 Å². The minimum Gasteiger partial charge on any atom is -0.393 e. The molecule has 0 aromatic rings. The summed E-state index contributed by atoms with van der Waals surface area (Å²) in [7, 11) is 1.62. The van der Waals surface area contributed by atoms with Gasteiger partial charge in [-0.15, -0.1) is 12.4 Å². The van der Waals surface area contributed by atoms with Crippen molar-refractivity contribution in [1.82, 2.24) is 10.6 Å². The van der Waals surface area contributed by atoms with Gasteiger partial charge in [0.15, 0.2) is 0 Å². The molecule has 0 aliphatic rings. The maximum Gasteiger partial charge on any atom is 0.233 e. The fourth-order valence-electron chi connectivity index (χ4n) is 1.02. The largest absolute Gasteiger partial charge is 0.393 e. The molecule has 0 aliphatic heterocycles. The van der Waals surface area contributed by atoms with Crippen LogP contribution in [0, 0.1) is 0 Å². The molecule has 1 amide bonds. The summed E-state index contributed by atoms with van der Waals surface area (Å²) in [6.45, 7) is 4.01. The van der Waals surface area contributed by atoms with Crippen LogP contribution >= 0.6 is 12.4 Å². The van der Waals surface area contributed by atoms with E-state index >= 15 is 0 Å². The quantitative estimate of drug-likeness (QED) is 0.504. The summed E-state index contributed by atoms with van der Waals surface area (Å²) in [4.78, 5) is 11.2. The molecule has 0 bridgehead atoms. The number of aliphatic hydroxyl groups excluding tert-OH is 1. The highest BCUT2D eigenvalue weighted by Gasteiger charge is 2.02. The summed E-state index contributed by atoms with van der Waals surface area (Å²) in [5.41, 5.74) is 0. The molecule has 6 heteroatoms. The second-order valence-electron chi connectivity index (χ2n) is 3.37. The molecule has 16 heavy (non-hydrogen) atoms. The number of hydrogen-bond acceptors (Lipinski definition) is 4. The highest BCUT2D eigenvalue weighted by atomic mass is 35.5. The van der Waals surface area contributed by atoms with E-state index < -0.39 is 0 Å². The third kappa shape index (κ3) is 11.7. The van der Waals surface area contributed by atoms with Gasteiger partial charge >= 0.3 is 0 Å². The minimum absolute atomic E-state index is 0. The summed E-state index contributed by atoms with van der Waals surface area (Å²) >= 11 is 0. The smallest absolute Gasteiger partial charge is 0.233 e. The summed E-state index contributed by atoms with van der Waals surface area (Å²) in [6.07, 6.45) is 1.02. The number of aliphatic hydroxyl groups is 1. The van der Waals surface area contributed by atoms with Crippen LogP contribution in [0.3, 0.4) is 0 Å². The molecule has 3 N–H and O–H groups in total. The van der Waals surface area contributed by atoms with Gasteiger partial charge in [-0.1, -0.05) is 6.92 Å². The first-order chi connectivity index (χ1) is 7.20. The molecule has 1 unspecified atom stereocenters. The lowest BCUT2D eigenvalue weighted by Gasteiger charge is -2.09. The molecule has 0 saturated heterocycles. The number of carbonyl (C=O) groups excluding carboxylic acids is 1. The standard InChI is InChI=1S/C10H22N2O3.ClH/c1-3-9(13)4-5-12-10(14)8-11-6-7-15-2;/h9,11,13H,3-8H2,1-2H3,(H,12,14);1H. The van der Waals surface area contributed by atoms with Crippen molar-refractivity contribution < 1.29 is 14.6 Å². The van der Waals surface area contributed by atoms with Crippen LogP contribution in [0.5, 0.6) is 0 Å². The van der Waals surface area contributed by atoms with E-state index in [0.717, 1.165) is 6.42 Å². The average molecular weight is 255 g/mol. The van der Waals surface area contributed by atoms with Gasteiger partial charge < -0.3 is 20.5 Å². The molecule has 0 saturated carbocycles. The Kier molecular flexibility index (Phi) is 14.3. The Morgan fingerprint density at radius 3 is 2.69 bits per heavy atom. The Hall–Kier alpha value is -0.360. The maximum absolute atomic E-state index is 11.2. The molecule has 98 valence electrons. The van der Waals surface area contributed by atoms with Crippen molar-refractivity contribution in [2.75, 3.05) is 33.4 Å². The molecule has 0 rings (SSSR count). The van der Waals surface area contributed by atoms with Gasteiger partial charge in [0.25, 0.3) is 0 Å². The normalized spacial score (nSPS) is 11.7. The van der Waals surface area contributed by atoms with Crippen molar-refractivity contribution in [2.45, 2.75) is 25.9 Å². The zero-order chi connectivity index (χ0) is 11.5. The van der Waals surface area contributed by atoms with Crippen LogP contribution in [0.4, 0.5) is 0 Å². The Balaban J connectivity index is 0. The molecule has 0 aliphatic carbocycles. The lowest BCUT2D eigenvalue weighted by atomic mass is 10.2. The van der Waals surface area contributed by atoms with E-state index in [4.69, 9.17) is 4.74 Å². The lowest BCUT2D eigenvalue weighted by molar-refractivity contribution is -0.120. The number of ether oxygens (including phenoxy) is 1. The topological polar surface area (TPSA) is 70.6 Å². The Labute approximate surface area is 103 Å². The van der Waals surface area contributed by atoms with Crippen LogP contribution < -0.4 is 10.6 Å². The van der Waals surface area contributed by atoms with Crippen molar-refractivity contribution in [3.05, 3.63) is 0 Å². The Morgan fingerprint density at radius 2 is 2.12 bits per heavy atom. The first-order valence-electron chi connectivity index (χ1n) is 5.35. The number of amides is 1. The van der Waals surface area contributed by atoms with Crippen molar-refractivity contribution in [3.8, 4) is 0 Å². The zero-order valence-corrected chi connectivity index (χ0v) is 10.8. The monoisotopic (exact) mass is 254 g/mol. The van der Waals surface area contributed by atoms with Crippen LogP contribution in [0.1, 0.15) is 19.8 Å². The Bertz CT molecular complexity index is 170. The highest BCUT2D eigenvalue weighted by Crippen LogP contribution is 1.93. The number of halogens is 1. The summed E-state index contributed by atoms with van der Waals surface area (Å²) in [6, 6.07) is 0. The van der Waals surface area contributed by atoms with Gasteiger partial charge in [0.05, 0.1) is 19.3 Å². The second kappa shape index (κ2) is 12.7. The minimum atomic E-state index is -0.313. The van der Waals surface area contributed by atoms with Crippen LogP contribution in [0.15, 0.2) is 0 Å². The van der Waals surface area contributed by atoms with Gasteiger partial charge in [0.1, 0.15) is 0 Å². The van der Waals surface area contributed by atoms with Crippen LogP contribution in [0.25, 0.3) is 0 Å². The number of carbonyl (C=O) groups is 1. The SMILES string of the molecule is CCC(O)CCNC(=O)CNCCOC.Cl. The third-order valence-electron chi connectivity index (χ3n) is 2.04. The van der Waals surface area contributed by atoms with Crippen LogP contribution in [-0.4, -0.2) is 50.5 Å². The lowest BCUT2D eigenvalue weighted by Crippen LogP contribution is -2.36. The molecule has 0 heterocycles. The van der Waals surface area contributed by atoms with Crippen LogP contribution in [0.2, 0.25) is 0 Å². The number of hydrogen-bond donors (Lipinski definition) is 3. The number of nitrogens with one attached hydrogen (secondary N) is 2. The van der Waals surface area contributed by atoms with Gasteiger partial charge in [-0.25, -0.2) is 0 Å². The van der Waals surface area contributed by atoms with Gasteiger partial charge in [-0.3, -0.25) is 4.79 Å². The fourth-order valence-corrected chi connectivity index (χ4v) is 1.02. The molecular weight excluding hydrogens is 232 g/mol. The third-order valence-corrected chi connectivity index (χ3v) is 2.04. The first-order valence-corrected chi connectivity index (χ1v) is 5.35.